The zero-order valence-electron chi connectivity index (χ0n) is 13.5. The Kier molecular flexibility index (Phi) is 5.52. The van der Waals surface area contributed by atoms with Gasteiger partial charge in [0.15, 0.2) is 0 Å². The summed E-state index contributed by atoms with van der Waals surface area (Å²) in [7, 11) is 0. The summed E-state index contributed by atoms with van der Waals surface area (Å²) < 4.78 is 0. The monoisotopic (exact) mass is 325 g/mol. The van der Waals surface area contributed by atoms with Crippen LogP contribution in [0.5, 0.6) is 0 Å². The molecular formula is C20H23NOS. The number of thioether (sulfide) groups is 1. The van der Waals surface area contributed by atoms with Gasteiger partial charge in [-0.25, -0.2) is 0 Å². The third-order valence-corrected chi connectivity index (χ3v) is 5.90. The van der Waals surface area contributed by atoms with Crippen LogP contribution in [-0.2, 0) is 0 Å². The molecule has 3 heteroatoms. The number of rotatable bonds is 5. The summed E-state index contributed by atoms with van der Waals surface area (Å²) in [5, 5.41) is 0.326. The lowest BCUT2D eigenvalue weighted by Gasteiger charge is -2.31. The normalized spacial score (nSPS) is 17.8. The van der Waals surface area contributed by atoms with Crippen molar-refractivity contribution in [1.29, 1.82) is 0 Å². The molecule has 0 bridgehead atoms. The Morgan fingerprint density at radius 3 is 2.13 bits per heavy atom. The first-order valence-electron chi connectivity index (χ1n) is 8.31. The molecule has 1 aliphatic rings. The lowest BCUT2D eigenvalue weighted by atomic mass is 10.1. The van der Waals surface area contributed by atoms with Gasteiger partial charge in [0.25, 0.3) is 0 Å². The lowest BCUT2D eigenvalue weighted by Crippen LogP contribution is -2.34. The number of benzene rings is 2. The highest BCUT2D eigenvalue weighted by Crippen LogP contribution is 2.37. The molecule has 2 nitrogen and oxygen atoms in total. The van der Waals surface area contributed by atoms with E-state index in [0.717, 1.165) is 18.7 Å². The molecule has 0 radical (unpaired) electrons. The molecule has 0 amide bonds. The molecule has 0 aliphatic carbocycles. The smallest absolute Gasteiger partial charge is 0.220 e. The van der Waals surface area contributed by atoms with Crippen LogP contribution < -0.4 is 0 Å². The van der Waals surface area contributed by atoms with Crippen molar-refractivity contribution < 1.29 is 4.79 Å². The molecule has 1 unspecified atom stereocenters. The van der Waals surface area contributed by atoms with E-state index in [1.165, 1.54) is 30.2 Å². The average molecular weight is 325 g/mol. The van der Waals surface area contributed by atoms with Crippen molar-refractivity contribution in [1.82, 2.24) is 4.90 Å². The Labute approximate surface area is 142 Å². The Morgan fingerprint density at radius 1 is 0.957 bits per heavy atom. The first-order chi connectivity index (χ1) is 11.3. The summed E-state index contributed by atoms with van der Waals surface area (Å²) in [6.45, 7) is 4.55. The van der Waals surface area contributed by atoms with Crippen molar-refractivity contribution in [3.63, 3.8) is 0 Å². The van der Waals surface area contributed by atoms with Crippen molar-refractivity contribution in [2.45, 2.75) is 31.1 Å². The van der Waals surface area contributed by atoms with E-state index >= 15 is 0 Å². The predicted molar refractivity (Wildman–Crippen MR) is 97.8 cm³/mol. The molecule has 0 saturated carbocycles. The topological polar surface area (TPSA) is 20.3 Å². The van der Waals surface area contributed by atoms with E-state index in [1.807, 2.05) is 36.4 Å². The van der Waals surface area contributed by atoms with Gasteiger partial charge in [0.2, 0.25) is 5.12 Å². The van der Waals surface area contributed by atoms with E-state index in [-0.39, 0.29) is 10.4 Å². The van der Waals surface area contributed by atoms with Crippen LogP contribution in [0.4, 0.5) is 0 Å². The zero-order valence-corrected chi connectivity index (χ0v) is 14.3. The fourth-order valence-electron chi connectivity index (χ4n) is 3.19. The van der Waals surface area contributed by atoms with Crippen molar-refractivity contribution in [2.75, 3.05) is 13.1 Å². The van der Waals surface area contributed by atoms with Gasteiger partial charge in [-0.15, -0.1) is 0 Å². The second kappa shape index (κ2) is 7.80. The number of hydrogen-bond donors (Lipinski definition) is 0. The molecule has 2 atom stereocenters. The standard InChI is InChI=1S/C20H23NOS/c1-16(21-14-8-9-15-21)19(17-10-4-2-5-11-17)23-20(22)18-12-6-3-7-13-18/h2-7,10-13,16,19H,8-9,14-15H2,1H3/t16?,19-/m1/s1. The van der Waals surface area contributed by atoms with Gasteiger partial charge in [0.05, 0.1) is 5.25 Å². The van der Waals surface area contributed by atoms with Gasteiger partial charge in [0, 0.05) is 11.6 Å². The van der Waals surface area contributed by atoms with E-state index in [9.17, 15) is 4.79 Å². The van der Waals surface area contributed by atoms with Crippen LogP contribution in [0.25, 0.3) is 0 Å². The van der Waals surface area contributed by atoms with Crippen molar-refractivity contribution in [3.8, 4) is 0 Å². The molecule has 23 heavy (non-hydrogen) atoms. The number of nitrogens with zero attached hydrogens (tertiary/aromatic N) is 1. The van der Waals surface area contributed by atoms with Gasteiger partial charge in [0.1, 0.15) is 0 Å². The third kappa shape index (κ3) is 4.04. The Bertz CT molecular complexity index is 623. The van der Waals surface area contributed by atoms with Gasteiger partial charge >= 0.3 is 0 Å². The first kappa shape index (κ1) is 16.3. The summed E-state index contributed by atoms with van der Waals surface area (Å²) >= 11 is 1.47. The summed E-state index contributed by atoms with van der Waals surface area (Å²) in [5.74, 6) is 0. The van der Waals surface area contributed by atoms with E-state index in [4.69, 9.17) is 0 Å². The largest absolute Gasteiger partial charge is 0.299 e. The molecule has 1 heterocycles. The van der Waals surface area contributed by atoms with Crippen molar-refractivity contribution >= 4 is 16.9 Å². The first-order valence-corrected chi connectivity index (χ1v) is 9.18. The van der Waals surface area contributed by atoms with Crippen LogP contribution in [0, 0.1) is 0 Å². The quantitative estimate of drug-likeness (QED) is 0.788. The number of likely N-dealkylation sites (tertiary alicyclic amines) is 1. The van der Waals surface area contributed by atoms with Gasteiger partial charge in [-0.05, 0) is 38.4 Å². The van der Waals surface area contributed by atoms with Crippen LogP contribution in [-0.4, -0.2) is 29.1 Å². The summed E-state index contributed by atoms with van der Waals surface area (Å²) in [6, 6.07) is 20.4. The second-order valence-electron chi connectivity index (χ2n) is 6.09. The van der Waals surface area contributed by atoms with Gasteiger partial charge in [-0.1, -0.05) is 72.4 Å². The highest BCUT2D eigenvalue weighted by atomic mass is 32.2. The summed E-state index contributed by atoms with van der Waals surface area (Å²) in [6.07, 6.45) is 2.53. The molecular weight excluding hydrogens is 302 g/mol. The minimum Gasteiger partial charge on any atom is -0.299 e. The van der Waals surface area contributed by atoms with Gasteiger partial charge in [-0.3, -0.25) is 9.69 Å². The number of carbonyl (C=O) groups is 1. The highest BCUT2D eigenvalue weighted by molar-refractivity contribution is 8.14. The van der Waals surface area contributed by atoms with Crippen LogP contribution in [0.1, 0.15) is 40.9 Å². The summed E-state index contributed by atoms with van der Waals surface area (Å²) in [4.78, 5) is 15.2. The molecule has 0 aromatic heterocycles. The maximum Gasteiger partial charge on any atom is 0.220 e. The molecule has 2 aromatic rings. The highest BCUT2D eigenvalue weighted by Gasteiger charge is 2.29. The minimum absolute atomic E-state index is 0.158. The Balaban J connectivity index is 1.81. The van der Waals surface area contributed by atoms with E-state index in [2.05, 4.69) is 36.1 Å². The maximum atomic E-state index is 12.7. The molecule has 3 rings (SSSR count). The van der Waals surface area contributed by atoms with Crippen LogP contribution in [0.2, 0.25) is 0 Å². The maximum absolute atomic E-state index is 12.7. The molecule has 1 saturated heterocycles. The number of carbonyl (C=O) groups excluding carboxylic acids is 1. The molecule has 120 valence electrons. The van der Waals surface area contributed by atoms with Crippen molar-refractivity contribution in [2.24, 2.45) is 0 Å². The van der Waals surface area contributed by atoms with Crippen molar-refractivity contribution in [3.05, 3.63) is 71.8 Å². The summed E-state index contributed by atoms with van der Waals surface area (Å²) in [5.41, 5.74) is 2.02. The second-order valence-corrected chi connectivity index (χ2v) is 7.20. The van der Waals surface area contributed by atoms with Gasteiger partial charge < -0.3 is 0 Å². The fourth-order valence-corrected chi connectivity index (χ4v) is 4.35. The SMILES string of the molecule is CC([C@@H](SC(=O)c1ccccc1)c1ccccc1)N1CCCC1. The predicted octanol–water partition coefficient (Wildman–Crippen LogP) is 4.79. The molecule has 1 fully saturated rings. The molecule has 0 spiro atoms. The average Bonchev–Trinajstić information content (AvgIpc) is 3.15. The molecule has 2 aromatic carbocycles. The Hall–Kier alpha value is -1.58. The van der Waals surface area contributed by atoms with Crippen LogP contribution in [0.15, 0.2) is 60.7 Å². The molecule has 0 N–H and O–H groups in total. The number of hydrogen-bond acceptors (Lipinski definition) is 3. The Morgan fingerprint density at radius 2 is 1.52 bits per heavy atom. The van der Waals surface area contributed by atoms with Crippen LogP contribution >= 0.6 is 11.8 Å². The van der Waals surface area contributed by atoms with Gasteiger partial charge in [-0.2, -0.15) is 0 Å². The third-order valence-electron chi connectivity index (χ3n) is 4.53. The zero-order chi connectivity index (χ0) is 16.1. The van der Waals surface area contributed by atoms with E-state index < -0.39 is 0 Å². The van der Waals surface area contributed by atoms with Crippen LogP contribution in [0.3, 0.4) is 0 Å². The minimum atomic E-state index is 0.158. The fraction of sp³-hybridized carbons (Fsp3) is 0.350. The molecule has 1 aliphatic heterocycles. The van der Waals surface area contributed by atoms with E-state index in [1.54, 1.807) is 0 Å². The van der Waals surface area contributed by atoms with E-state index in [0.29, 0.717) is 6.04 Å². The lowest BCUT2D eigenvalue weighted by molar-refractivity contribution is 0.108.